The van der Waals surface area contributed by atoms with Gasteiger partial charge < -0.3 is 14.5 Å². The molecule has 148 valence electrons. The van der Waals surface area contributed by atoms with Crippen molar-refractivity contribution >= 4 is 11.8 Å². The minimum atomic E-state index is -0.908. The van der Waals surface area contributed by atoms with E-state index in [1.54, 1.807) is 41.2 Å². The lowest BCUT2D eigenvalue weighted by molar-refractivity contribution is -0.132. The summed E-state index contributed by atoms with van der Waals surface area (Å²) in [6, 6.07) is 10.7. The van der Waals surface area contributed by atoms with Crippen molar-refractivity contribution in [2.45, 2.75) is 12.8 Å². The molecule has 1 aliphatic heterocycles. The van der Waals surface area contributed by atoms with Gasteiger partial charge in [0.15, 0.2) is 11.6 Å². The highest BCUT2D eigenvalue weighted by Crippen LogP contribution is 2.16. The van der Waals surface area contributed by atoms with E-state index in [0.717, 1.165) is 12.1 Å². The topological polar surface area (TPSA) is 49.9 Å². The molecule has 2 amide bonds. The Balaban J connectivity index is 1.50. The van der Waals surface area contributed by atoms with Gasteiger partial charge in [0, 0.05) is 38.2 Å². The first kappa shape index (κ1) is 19.8. The van der Waals surface area contributed by atoms with Gasteiger partial charge in [-0.15, -0.1) is 0 Å². The Kier molecular flexibility index (Phi) is 6.23. The summed E-state index contributed by atoms with van der Waals surface area (Å²) in [5.41, 5.74) is 1.14. The fourth-order valence-corrected chi connectivity index (χ4v) is 3.20. The molecule has 1 saturated heterocycles. The number of piperazine rings is 1. The number of amides is 2. The van der Waals surface area contributed by atoms with E-state index in [-0.39, 0.29) is 18.2 Å². The molecule has 1 fully saturated rings. The minimum absolute atomic E-state index is 0.0572. The molecule has 1 heterocycles. The number of nitrogens with zero attached hydrogens (tertiary/aromatic N) is 2. The third-order valence-corrected chi connectivity index (χ3v) is 4.85. The second-order valence-electron chi connectivity index (χ2n) is 6.65. The third kappa shape index (κ3) is 4.65. The van der Waals surface area contributed by atoms with Gasteiger partial charge in [-0.1, -0.05) is 12.1 Å². The standard InChI is InChI=1S/C21H22F2N2O3/c1-28-17-4-2-3-16(14-17)21(27)25-11-9-24(10-12-25)20(26)8-6-15-5-7-18(22)19(23)13-15/h2-5,7,13-14H,6,8-12H2,1H3. The van der Waals surface area contributed by atoms with Crippen molar-refractivity contribution in [2.75, 3.05) is 33.3 Å². The van der Waals surface area contributed by atoms with Crippen molar-refractivity contribution in [3.8, 4) is 5.75 Å². The number of benzene rings is 2. The second-order valence-corrected chi connectivity index (χ2v) is 6.65. The van der Waals surface area contributed by atoms with Crippen LogP contribution in [-0.2, 0) is 11.2 Å². The van der Waals surface area contributed by atoms with E-state index in [2.05, 4.69) is 0 Å². The first-order valence-corrected chi connectivity index (χ1v) is 9.13. The van der Waals surface area contributed by atoms with E-state index in [1.807, 2.05) is 0 Å². The number of rotatable bonds is 5. The van der Waals surface area contributed by atoms with E-state index in [9.17, 15) is 18.4 Å². The molecule has 5 nitrogen and oxygen atoms in total. The Bertz CT molecular complexity index is 864. The summed E-state index contributed by atoms with van der Waals surface area (Å²) in [7, 11) is 1.55. The van der Waals surface area contributed by atoms with Crippen LogP contribution in [-0.4, -0.2) is 54.9 Å². The molecule has 0 atom stereocenters. The third-order valence-electron chi connectivity index (χ3n) is 4.85. The fraction of sp³-hybridized carbons (Fsp3) is 0.333. The lowest BCUT2D eigenvalue weighted by Crippen LogP contribution is -2.50. The second kappa shape index (κ2) is 8.82. The maximum absolute atomic E-state index is 13.2. The van der Waals surface area contributed by atoms with Gasteiger partial charge in [0.1, 0.15) is 5.75 Å². The molecule has 0 bridgehead atoms. The number of halogens is 2. The molecule has 2 aromatic carbocycles. The molecule has 0 saturated carbocycles. The van der Waals surface area contributed by atoms with Gasteiger partial charge in [0.25, 0.3) is 5.91 Å². The zero-order valence-corrected chi connectivity index (χ0v) is 15.7. The van der Waals surface area contributed by atoms with Crippen LogP contribution in [0.2, 0.25) is 0 Å². The molecule has 0 unspecified atom stereocenters. The van der Waals surface area contributed by atoms with E-state index < -0.39 is 11.6 Å². The predicted molar refractivity (Wildman–Crippen MR) is 100 cm³/mol. The summed E-state index contributed by atoms with van der Waals surface area (Å²) in [4.78, 5) is 28.4. The van der Waals surface area contributed by atoms with Gasteiger partial charge in [-0.05, 0) is 42.3 Å². The average molecular weight is 388 g/mol. The van der Waals surface area contributed by atoms with Crippen LogP contribution < -0.4 is 4.74 Å². The Morgan fingerprint density at radius 3 is 2.36 bits per heavy atom. The van der Waals surface area contributed by atoms with Gasteiger partial charge in [-0.3, -0.25) is 9.59 Å². The molecule has 0 aromatic heterocycles. The van der Waals surface area contributed by atoms with Gasteiger partial charge in [-0.2, -0.15) is 0 Å². The summed E-state index contributed by atoms with van der Waals surface area (Å²) in [5.74, 6) is -1.33. The number of methoxy groups -OCH3 is 1. The number of carbonyl (C=O) groups is 2. The van der Waals surface area contributed by atoms with Gasteiger partial charge in [0.2, 0.25) is 5.91 Å². The lowest BCUT2D eigenvalue weighted by Gasteiger charge is -2.35. The van der Waals surface area contributed by atoms with Crippen LogP contribution in [0.3, 0.4) is 0 Å². The molecular weight excluding hydrogens is 366 g/mol. The maximum atomic E-state index is 13.2. The van der Waals surface area contributed by atoms with Crippen molar-refractivity contribution in [2.24, 2.45) is 0 Å². The van der Waals surface area contributed by atoms with Crippen molar-refractivity contribution < 1.29 is 23.1 Å². The number of hydrogen-bond donors (Lipinski definition) is 0. The molecule has 0 N–H and O–H groups in total. The van der Waals surface area contributed by atoms with Crippen molar-refractivity contribution in [1.29, 1.82) is 0 Å². The van der Waals surface area contributed by atoms with Crippen LogP contribution in [0.1, 0.15) is 22.3 Å². The van der Waals surface area contributed by atoms with Crippen LogP contribution in [0.5, 0.6) is 5.75 Å². The summed E-state index contributed by atoms with van der Waals surface area (Å²) in [6.45, 7) is 1.80. The van der Waals surface area contributed by atoms with Gasteiger partial charge in [-0.25, -0.2) is 8.78 Å². The van der Waals surface area contributed by atoms with Crippen LogP contribution >= 0.6 is 0 Å². The lowest BCUT2D eigenvalue weighted by atomic mass is 10.1. The summed E-state index contributed by atoms with van der Waals surface area (Å²) < 4.78 is 31.4. The molecule has 0 radical (unpaired) electrons. The molecule has 7 heteroatoms. The Labute approximate surface area is 162 Å². The Hall–Kier alpha value is -2.96. The quantitative estimate of drug-likeness (QED) is 0.792. The van der Waals surface area contributed by atoms with E-state index in [1.165, 1.54) is 6.07 Å². The van der Waals surface area contributed by atoms with Crippen LogP contribution in [0, 0.1) is 11.6 Å². The molecular formula is C21H22F2N2O3. The first-order chi connectivity index (χ1) is 13.5. The fourth-order valence-electron chi connectivity index (χ4n) is 3.20. The van der Waals surface area contributed by atoms with Crippen LogP contribution in [0.25, 0.3) is 0 Å². The molecule has 3 rings (SSSR count). The number of aryl methyl sites for hydroxylation is 1. The van der Waals surface area contributed by atoms with Gasteiger partial charge >= 0.3 is 0 Å². The van der Waals surface area contributed by atoms with Crippen molar-refractivity contribution in [3.05, 3.63) is 65.2 Å². The highest BCUT2D eigenvalue weighted by atomic mass is 19.2. The Morgan fingerprint density at radius 1 is 0.964 bits per heavy atom. The molecule has 0 spiro atoms. The molecule has 2 aromatic rings. The zero-order chi connectivity index (χ0) is 20.1. The summed E-state index contributed by atoms with van der Waals surface area (Å²) in [6.07, 6.45) is 0.563. The maximum Gasteiger partial charge on any atom is 0.254 e. The van der Waals surface area contributed by atoms with E-state index >= 15 is 0 Å². The largest absolute Gasteiger partial charge is 0.497 e. The number of carbonyl (C=O) groups excluding carboxylic acids is 2. The SMILES string of the molecule is COc1cccc(C(=O)N2CCN(C(=O)CCc3ccc(F)c(F)c3)CC2)c1. The first-order valence-electron chi connectivity index (χ1n) is 9.13. The highest BCUT2D eigenvalue weighted by molar-refractivity contribution is 5.94. The zero-order valence-electron chi connectivity index (χ0n) is 15.7. The van der Waals surface area contributed by atoms with E-state index in [0.29, 0.717) is 49.5 Å². The number of hydrogen-bond acceptors (Lipinski definition) is 3. The smallest absolute Gasteiger partial charge is 0.254 e. The minimum Gasteiger partial charge on any atom is -0.497 e. The molecule has 28 heavy (non-hydrogen) atoms. The van der Waals surface area contributed by atoms with E-state index in [4.69, 9.17) is 4.74 Å². The monoisotopic (exact) mass is 388 g/mol. The molecule has 1 aliphatic rings. The summed E-state index contributed by atoms with van der Waals surface area (Å²) in [5, 5.41) is 0. The summed E-state index contributed by atoms with van der Waals surface area (Å²) >= 11 is 0. The highest BCUT2D eigenvalue weighted by Gasteiger charge is 2.24. The van der Waals surface area contributed by atoms with Crippen molar-refractivity contribution in [1.82, 2.24) is 9.80 Å². The predicted octanol–water partition coefficient (Wildman–Crippen LogP) is 2.89. The Morgan fingerprint density at radius 2 is 1.68 bits per heavy atom. The van der Waals surface area contributed by atoms with Crippen LogP contribution in [0.4, 0.5) is 8.78 Å². The molecule has 0 aliphatic carbocycles. The van der Waals surface area contributed by atoms with Crippen molar-refractivity contribution in [3.63, 3.8) is 0 Å². The number of ether oxygens (including phenoxy) is 1. The normalized spacial score (nSPS) is 14.1. The van der Waals surface area contributed by atoms with Crippen LogP contribution in [0.15, 0.2) is 42.5 Å². The average Bonchev–Trinajstić information content (AvgIpc) is 2.74. The van der Waals surface area contributed by atoms with Gasteiger partial charge in [0.05, 0.1) is 7.11 Å².